The molecular formula is C12H16O5. The second-order valence-corrected chi connectivity index (χ2v) is 4.32. The van der Waals surface area contributed by atoms with Crippen LogP contribution in [0.25, 0.3) is 0 Å². The standard InChI is InChI=1S/C12H16O5/c1-7(2)11(15)17-12(16)9-6-4-3-5-8(9)10(13)14/h8-9H,1,3-6H2,2H3,(H,13,14). The highest BCUT2D eigenvalue weighted by Gasteiger charge is 2.37. The Hall–Kier alpha value is -1.65. The summed E-state index contributed by atoms with van der Waals surface area (Å²) in [5, 5.41) is 8.99. The third-order valence-corrected chi connectivity index (χ3v) is 2.93. The van der Waals surface area contributed by atoms with Crippen LogP contribution in [0.3, 0.4) is 0 Å². The van der Waals surface area contributed by atoms with Crippen molar-refractivity contribution in [2.45, 2.75) is 32.6 Å². The number of ether oxygens (including phenoxy) is 1. The lowest BCUT2D eigenvalue weighted by molar-refractivity contribution is -0.166. The topological polar surface area (TPSA) is 80.7 Å². The third-order valence-electron chi connectivity index (χ3n) is 2.93. The van der Waals surface area contributed by atoms with Crippen molar-refractivity contribution in [3.05, 3.63) is 12.2 Å². The van der Waals surface area contributed by atoms with Crippen LogP contribution in [0.15, 0.2) is 12.2 Å². The Morgan fingerprint density at radius 2 is 1.71 bits per heavy atom. The van der Waals surface area contributed by atoms with Crippen molar-refractivity contribution in [3.8, 4) is 0 Å². The average molecular weight is 240 g/mol. The van der Waals surface area contributed by atoms with E-state index in [2.05, 4.69) is 11.3 Å². The first kappa shape index (κ1) is 13.4. The molecule has 0 heterocycles. The van der Waals surface area contributed by atoms with Gasteiger partial charge in [-0.15, -0.1) is 0 Å². The third kappa shape index (κ3) is 3.41. The van der Waals surface area contributed by atoms with E-state index in [4.69, 9.17) is 5.11 Å². The predicted molar refractivity (Wildman–Crippen MR) is 59.0 cm³/mol. The van der Waals surface area contributed by atoms with Crippen molar-refractivity contribution in [1.82, 2.24) is 0 Å². The number of rotatable bonds is 3. The molecule has 0 bridgehead atoms. The number of hydrogen-bond donors (Lipinski definition) is 1. The smallest absolute Gasteiger partial charge is 0.340 e. The molecule has 0 amide bonds. The van der Waals surface area contributed by atoms with Gasteiger partial charge < -0.3 is 9.84 Å². The Kier molecular flexibility index (Phi) is 4.43. The molecule has 0 aromatic rings. The molecule has 5 nitrogen and oxygen atoms in total. The Bertz CT molecular complexity index is 358. The molecule has 0 aromatic carbocycles. The first-order valence-electron chi connectivity index (χ1n) is 5.57. The highest BCUT2D eigenvalue weighted by atomic mass is 16.6. The maximum absolute atomic E-state index is 11.7. The van der Waals surface area contributed by atoms with Gasteiger partial charge in [-0.3, -0.25) is 9.59 Å². The summed E-state index contributed by atoms with van der Waals surface area (Å²) in [6, 6.07) is 0. The maximum Gasteiger partial charge on any atom is 0.340 e. The number of carboxylic acids is 1. The molecule has 94 valence electrons. The zero-order chi connectivity index (χ0) is 13.0. The molecule has 1 saturated carbocycles. The van der Waals surface area contributed by atoms with Crippen molar-refractivity contribution in [1.29, 1.82) is 0 Å². The molecule has 1 fully saturated rings. The van der Waals surface area contributed by atoms with E-state index < -0.39 is 29.7 Å². The molecule has 0 saturated heterocycles. The van der Waals surface area contributed by atoms with Gasteiger partial charge in [0.05, 0.1) is 11.8 Å². The molecule has 1 N–H and O–H groups in total. The monoisotopic (exact) mass is 240 g/mol. The van der Waals surface area contributed by atoms with Crippen molar-refractivity contribution in [2.75, 3.05) is 0 Å². The van der Waals surface area contributed by atoms with Gasteiger partial charge in [-0.2, -0.15) is 0 Å². The highest BCUT2D eigenvalue weighted by molar-refractivity contribution is 5.96. The Balaban J connectivity index is 2.68. The minimum atomic E-state index is -1.01. The molecule has 1 aliphatic rings. The Morgan fingerprint density at radius 1 is 1.18 bits per heavy atom. The van der Waals surface area contributed by atoms with E-state index in [9.17, 15) is 14.4 Å². The summed E-state index contributed by atoms with van der Waals surface area (Å²) < 4.78 is 4.59. The van der Waals surface area contributed by atoms with E-state index in [1.54, 1.807) is 0 Å². The summed E-state index contributed by atoms with van der Waals surface area (Å²) in [6.07, 6.45) is 2.48. The molecule has 0 aliphatic heterocycles. The normalized spacial score (nSPS) is 23.8. The number of carbonyl (C=O) groups is 3. The van der Waals surface area contributed by atoms with E-state index >= 15 is 0 Å². The Labute approximate surface area is 99.5 Å². The van der Waals surface area contributed by atoms with Gasteiger partial charge in [-0.25, -0.2) is 4.79 Å². The van der Waals surface area contributed by atoms with E-state index in [-0.39, 0.29) is 5.57 Å². The molecule has 17 heavy (non-hydrogen) atoms. The number of aliphatic carboxylic acids is 1. The van der Waals surface area contributed by atoms with Gasteiger partial charge in [-0.1, -0.05) is 19.4 Å². The summed E-state index contributed by atoms with van der Waals surface area (Å²) >= 11 is 0. The van der Waals surface area contributed by atoms with Crippen LogP contribution in [0.2, 0.25) is 0 Å². The zero-order valence-electron chi connectivity index (χ0n) is 9.77. The zero-order valence-corrected chi connectivity index (χ0v) is 9.77. The summed E-state index contributed by atoms with van der Waals surface area (Å²) in [5.74, 6) is -4.00. The average Bonchev–Trinajstić information content (AvgIpc) is 2.28. The fourth-order valence-corrected chi connectivity index (χ4v) is 1.96. The molecule has 2 unspecified atom stereocenters. The van der Waals surface area contributed by atoms with Crippen LogP contribution in [0.4, 0.5) is 0 Å². The van der Waals surface area contributed by atoms with Crippen molar-refractivity contribution < 1.29 is 24.2 Å². The molecule has 1 aliphatic carbocycles. The summed E-state index contributed by atoms with van der Waals surface area (Å²) in [7, 11) is 0. The molecule has 0 radical (unpaired) electrons. The van der Waals surface area contributed by atoms with Gasteiger partial charge in [0.25, 0.3) is 0 Å². The van der Waals surface area contributed by atoms with E-state index in [1.165, 1.54) is 6.92 Å². The minimum Gasteiger partial charge on any atom is -0.481 e. The van der Waals surface area contributed by atoms with E-state index in [0.717, 1.165) is 12.8 Å². The van der Waals surface area contributed by atoms with Crippen LogP contribution in [-0.2, 0) is 19.1 Å². The van der Waals surface area contributed by atoms with Gasteiger partial charge in [0.15, 0.2) is 0 Å². The first-order chi connectivity index (χ1) is 7.93. The van der Waals surface area contributed by atoms with Crippen molar-refractivity contribution in [3.63, 3.8) is 0 Å². The van der Waals surface area contributed by atoms with Crippen LogP contribution < -0.4 is 0 Å². The molecule has 1 rings (SSSR count). The minimum absolute atomic E-state index is 0.126. The number of hydrogen-bond acceptors (Lipinski definition) is 4. The Morgan fingerprint density at radius 3 is 2.18 bits per heavy atom. The van der Waals surface area contributed by atoms with Crippen molar-refractivity contribution in [2.24, 2.45) is 11.8 Å². The summed E-state index contributed by atoms with van der Waals surface area (Å²) in [5.41, 5.74) is 0.126. The van der Waals surface area contributed by atoms with Gasteiger partial charge in [-0.05, 0) is 19.8 Å². The van der Waals surface area contributed by atoms with Gasteiger partial charge >= 0.3 is 17.9 Å². The lowest BCUT2D eigenvalue weighted by atomic mass is 9.79. The van der Waals surface area contributed by atoms with E-state index in [0.29, 0.717) is 12.8 Å². The first-order valence-corrected chi connectivity index (χ1v) is 5.57. The quantitative estimate of drug-likeness (QED) is 0.459. The van der Waals surface area contributed by atoms with Crippen LogP contribution in [-0.4, -0.2) is 23.0 Å². The van der Waals surface area contributed by atoms with Crippen LogP contribution in [0.5, 0.6) is 0 Å². The molecule has 2 atom stereocenters. The van der Waals surface area contributed by atoms with Crippen molar-refractivity contribution >= 4 is 17.9 Å². The van der Waals surface area contributed by atoms with Crippen LogP contribution >= 0.6 is 0 Å². The largest absolute Gasteiger partial charge is 0.481 e. The second-order valence-electron chi connectivity index (χ2n) is 4.32. The lowest BCUT2D eigenvalue weighted by Crippen LogP contribution is -2.34. The summed E-state index contributed by atoms with van der Waals surface area (Å²) in [4.78, 5) is 33.8. The van der Waals surface area contributed by atoms with Crippen LogP contribution in [0, 0.1) is 11.8 Å². The van der Waals surface area contributed by atoms with Gasteiger partial charge in [0, 0.05) is 5.57 Å². The number of carboxylic acid groups (broad SMARTS) is 1. The van der Waals surface area contributed by atoms with Crippen LogP contribution in [0.1, 0.15) is 32.6 Å². The highest BCUT2D eigenvalue weighted by Crippen LogP contribution is 2.31. The molecular weight excluding hydrogens is 224 g/mol. The van der Waals surface area contributed by atoms with E-state index in [1.807, 2.05) is 0 Å². The second kappa shape index (κ2) is 5.61. The van der Waals surface area contributed by atoms with Gasteiger partial charge in [0.1, 0.15) is 0 Å². The fraction of sp³-hybridized carbons (Fsp3) is 0.583. The lowest BCUT2D eigenvalue weighted by Gasteiger charge is -2.26. The fourth-order valence-electron chi connectivity index (χ4n) is 1.96. The molecule has 0 spiro atoms. The van der Waals surface area contributed by atoms with Gasteiger partial charge in [0.2, 0.25) is 0 Å². The number of esters is 2. The predicted octanol–water partition coefficient (Wildman–Crippen LogP) is 1.52. The SMILES string of the molecule is C=C(C)C(=O)OC(=O)C1CCCCC1C(=O)O. The number of carbonyl (C=O) groups excluding carboxylic acids is 2. The maximum atomic E-state index is 11.7. The molecule has 5 heteroatoms. The summed E-state index contributed by atoms with van der Waals surface area (Å²) in [6.45, 7) is 4.80. The molecule has 0 aromatic heterocycles.